The number of rotatable bonds is 11. The van der Waals surface area contributed by atoms with Gasteiger partial charge in [-0.2, -0.15) is 0 Å². The first-order valence-electron chi connectivity index (χ1n) is 13.8. The lowest BCUT2D eigenvalue weighted by atomic mass is 10.1. The zero-order valence-corrected chi connectivity index (χ0v) is 23.9. The van der Waals surface area contributed by atoms with Gasteiger partial charge in [0, 0.05) is 30.8 Å². The summed E-state index contributed by atoms with van der Waals surface area (Å²) in [5.41, 5.74) is 2.56. The van der Waals surface area contributed by atoms with E-state index in [4.69, 9.17) is 21.1 Å². The molecule has 0 unspecified atom stereocenters. The lowest BCUT2D eigenvalue weighted by molar-refractivity contribution is -0.136. The van der Waals surface area contributed by atoms with Crippen LogP contribution in [0.5, 0.6) is 11.5 Å². The zero-order chi connectivity index (χ0) is 29.6. The fraction of sp³-hybridized carbons (Fsp3) is 0.367. The predicted molar refractivity (Wildman–Crippen MR) is 156 cm³/mol. The highest BCUT2D eigenvalue weighted by atomic mass is 35.5. The quantitative estimate of drug-likeness (QED) is 0.283. The molecule has 1 fully saturated rings. The number of amides is 2. The molecule has 3 N–H and O–H groups in total. The Labute approximate surface area is 248 Å². The fourth-order valence-corrected chi connectivity index (χ4v) is 5.40. The molecule has 1 aliphatic carbocycles. The van der Waals surface area contributed by atoms with Crippen molar-refractivity contribution in [1.29, 1.82) is 0 Å². The summed E-state index contributed by atoms with van der Waals surface area (Å²) in [6.07, 6.45) is 4.25. The van der Waals surface area contributed by atoms with Crippen LogP contribution in [0.25, 0.3) is 0 Å². The van der Waals surface area contributed by atoms with Crippen LogP contribution in [0.1, 0.15) is 48.2 Å². The van der Waals surface area contributed by atoms with Crippen molar-refractivity contribution in [2.75, 3.05) is 30.6 Å². The molecule has 12 heteroatoms. The third kappa shape index (κ3) is 7.47. The number of ether oxygens (including phenoxy) is 2. The van der Waals surface area contributed by atoms with E-state index in [1.165, 1.54) is 0 Å². The Kier molecular flexibility index (Phi) is 9.06. The third-order valence-corrected chi connectivity index (χ3v) is 7.49. The number of carbonyl (C=O) groups excluding carboxylic acids is 2. The molecule has 2 amide bonds. The van der Waals surface area contributed by atoms with E-state index in [0.717, 1.165) is 36.8 Å². The summed E-state index contributed by atoms with van der Waals surface area (Å²) in [6, 6.07) is 12.8. The number of aliphatic carboxylic acids is 1. The molecule has 0 atom stereocenters. The molecular formula is C30H32ClN5O6. The van der Waals surface area contributed by atoms with Gasteiger partial charge in [-0.05, 0) is 48.2 Å². The molecule has 5 rings (SSSR count). The highest BCUT2D eigenvalue weighted by Gasteiger charge is 2.23. The minimum absolute atomic E-state index is 0.0105. The van der Waals surface area contributed by atoms with Gasteiger partial charge in [0.05, 0.1) is 19.4 Å². The lowest BCUT2D eigenvalue weighted by Gasteiger charge is -2.22. The van der Waals surface area contributed by atoms with Gasteiger partial charge in [0.1, 0.15) is 16.8 Å². The second kappa shape index (κ2) is 13.1. The first-order chi connectivity index (χ1) is 20.2. The minimum atomic E-state index is -1.07. The summed E-state index contributed by atoms with van der Waals surface area (Å²) >= 11 is 6.44. The van der Waals surface area contributed by atoms with Gasteiger partial charge in [-0.15, -0.1) is 0 Å². The number of carbonyl (C=O) groups is 3. The highest BCUT2D eigenvalue weighted by Crippen LogP contribution is 2.32. The highest BCUT2D eigenvalue weighted by molar-refractivity contribution is 6.30. The van der Waals surface area contributed by atoms with E-state index in [2.05, 4.69) is 20.6 Å². The molecule has 220 valence electrons. The molecule has 3 aromatic rings. The van der Waals surface area contributed by atoms with Crippen LogP contribution in [0.15, 0.2) is 42.5 Å². The second-order valence-electron chi connectivity index (χ2n) is 10.5. The van der Waals surface area contributed by atoms with E-state index in [0.29, 0.717) is 35.2 Å². The van der Waals surface area contributed by atoms with Crippen molar-refractivity contribution < 1.29 is 29.0 Å². The van der Waals surface area contributed by atoms with Crippen LogP contribution in [-0.4, -0.2) is 59.3 Å². The van der Waals surface area contributed by atoms with Crippen LogP contribution >= 0.6 is 11.6 Å². The number of anilines is 2. The largest absolute Gasteiger partial charge is 0.481 e. The topological polar surface area (TPSA) is 143 Å². The molecule has 1 aromatic heterocycles. The van der Waals surface area contributed by atoms with Crippen LogP contribution in [-0.2, 0) is 33.6 Å². The number of fused-ring (bicyclic) bond motifs is 1. The van der Waals surface area contributed by atoms with Crippen LogP contribution in [0, 0.1) is 0 Å². The van der Waals surface area contributed by atoms with E-state index in [-0.39, 0.29) is 54.8 Å². The van der Waals surface area contributed by atoms with Crippen molar-refractivity contribution in [3.63, 3.8) is 0 Å². The summed E-state index contributed by atoms with van der Waals surface area (Å²) in [4.78, 5) is 47.3. The molecule has 0 bridgehead atoms. The van der Waals surface area contributed by atoms with Gasteiger partial charge < -0.3 is 30.1 Å². The number of carboxylic acid groups (broad SMARTS) is 1. The van der Waals surface area contributed by atoms with Crippen molar-refractivity contribution in [1.82, 2.24) is 15.3 Å². The fourth-order valence-electron chi connectivity index (χ4n) is 5.15. The Balaban J connectivity index is 1.24. The van der Waals surface area contributed by atoms with E-state index in [9.17, 15) is 19.5 Å². The van der Waals surface area contributed by atoms with Gasteiger partial charge in [-0.25, -0.2) is 9.97 Å². The van der Waals surface area contributed by atoms with E-state index >= 15 is 0 Å². The Bertz CT molecular complexity index is 1480. The summed E-state index contributed by atoms with van der Waals surface area (Å²) in [5.74, 6) is 0.584. The molecule has 0 saturated heterocycles. The monoisotopic (exact) mass is 593 g/mol. The Hall–Kier alpha value is -4.38. The van der Waals surface area contributed by atoms with E-state index < -0.39 is 5.97 Å². The Morgan fingerprint density at radius 2 is 1.69 bits per heavy atom. The Morgan fingerprint density at radius 3 is 2.43 bits per heavy atom. The van der Waals surface area contributed by atoms with E-state index in [1.807, 2.05) is 18.2 Å². The van der Waals surface area contributed by atoms with E-state index in [1.54, 1.807) is 36.2 Å². The summed E-state index contributed by atoms with van der Waals surface area (Å²) in [6.45, 7) is 0.188. The molecule has 2 aliphatic rings. The molecule has 11 nitrogen and oxygen atoms in total. The van der Waals surface area contributed by atoms with Crippen LogP contribution in [0.2, 0.25) is 5.15 Å². The smallest absolute Gasteiger partial charge is 0.308 e. The first-order valence-corrected chi connectivity index (χ1v) is 14.2. The number of aromatic nitrogens is 2. The van der Waals surface area contributed by atoms with Gasteiger partial charge in [0.15, 0.2) is 11.5 Å². The van der Waals surface area contributed by atoms with Gasteiger partial charge >= 0.3 is 5.97 Å². The normalized spacial score (nSPS) is 14.0. The maximum Gasteiger partial charge on any atom is 0.308 e. The summed E-state index contributed by atoms with van der Waals surface area (Å²) in [5, 5.41) is 15.4. The molecule has 42 heavy (non-hydrogen) atoms. The maximum atomic E-state index is 12.6. The lowest BCUT2D eigenvalue weighted by Crippen LogP contribution is -2.40. The summed E-state index contributed by atoms with van der Waals surface area (Å²) in [7, 11) is 1.68. The number of benzene rings is 2. The number of halogens is 1. The number of nitrogens with one attached hydrogen (secondary N) is 2. The van der Waals surface area contributed by atoms with Crippen molar-refractivity contribution >= 4 is 40.9 Å². The van der Waals surface area contributed by atoms with Crippen LogP contribution in [0.4, 0.5) is 11.5 Å². The number of hydrogen-bond acceptors (Lipinski definition) is 8. The summed E-state index contributed by atoms with van der Waals surface area (Å²) < 4.78 is 10.7. The van der Waals surface area contributed by atoms with Gasteiger partial charge in [0.2, 0.25) is 18.6 Å². The number of nitrogens with zero attached hydrogens (tertiary/aromatic N) is 3. The molecule has 1 aliphatic heterocycles. The SMILES string of the molecule is CN(CC(=O)NC1CCCC1)c1nc(Cc2ccc(NC(=O)Cc3ccc4c(c3)OCO4)cc2)nc(Cl)c1CC(=O)O. The van der Waals surface area contributed by atoms with Gasteiger partial charge in [0.25, 0.3) is 0 Å². The Morgan fingerprint density at radius 1 is 0.976 bits per heavy atom. The minimum Gasteiger partial charge on any atom is -0.481 e. The number of hydrogen-bond donors (Lipinski definition) is 3. The molecular weight excluding hydrogens is 562 g/mol. The second-order valence-corrected chi connectivity index (χ2v) is 10.9. The number of carboxylic acids is 1. The van der Waals surface area contributed by atoms with Gasteiger partial charge in [-0.3, -0.25) is 14.4 Å². The maximum absolute atomic E-state index is 12.6. The predicted octanol–water partition coefficient (Wildman–Crippen LogP) is 3.75. The third-order valence-electron chi connectivity index (χ3n) is 7.17. The van der Waals surface area contributed by atoms with Gasteiger partial charge in [-0.1, -0.05) is 42.6 Å². The van der Waals surface area contributed by atoms with Crippen molar-refractivity contribution in [2.24, 2.45) is 0 Å². The molecule has 0 radical (unpaired) electrons. The molecule has 1 saturated carbocycles. The van der Waals surface area contributed by atoms with Crippen molar-refractivity contribution in [3.05, 3.63) is 70.1 Å². The number of likely N-dealkylation sites (N-methyl/N-ethyl adjacent to an activating group) is 1. The molecule has 2 heterocycles. The first kappa shape index (κ1) is 29.1. The van der Waals surface area contributed by atoms with Crippen LogP contribution in [0.3, 0.4) is 0 Å². The van der Waals surface area contributed by atoms with Crippen LogP contribution < -0.4 is 25.0 Å². The average molecular weight is 594 g/mol. The molecule has 2 aromatic carbocycles. The standard InChI is InChI=1S/C30H32ClN5O6/c1-36(16-27(38)33-20-4-2-3-5-20)30-22(15-28(39)40)29(31)34-25(35-30)13-18-6-9-21(10-7-18)32-26(37)14-19-8-11-23-24(12-19)42-17-41-23/h6-12,20H,2-5,13-17H2,1H3,(H,32,37)(H,33,38)(H,39,40). The zero-order valence-electron chi connectivity index (χ0n) is 23.2. The average Bonchev–Trinajstić information content (AvgIpc) is 3.62. The van der Waals surface area contributed by atoms with Crippen molar-refractivity contribution in [2.45, 2.75) is 51.0 Å². The van der Waals surface area contributed by atoms with Crippen molar-refractivity contribution in [3.8, 4) is 11.5 Å². The molecule has 0 spiro atoms.